The van der Waals surface area contributed by atoms with Crippen molar-refractivity contribution in [2.75, 3.05) is 0 Å². The minimum absolute atomic E-state index is 0.113. The van der Waals surface area contributed by atoms with E-state index in [4.69, 9.17) is 5.73 Å². The summed E-state index contributed by atoms with van der Waals surface area (Å²) in [4.78, 5) is 25.4. The van der Waals surface area contributed by atoms with E-state index < -0.39 is 23.4 Å². The van der Waals surface area contributed by atoms with Crippen LogP contribution in [0, 0.1) is 0 Å². The molecule has 0 spiro atoms. The highest BCUT2D eigenvalue weighted by molar-refractivity contribution is 5.96. The first-order valence-corrected chi connectivity index (χ1v) is 4.99. The first kappa shape index (κ1) is 12.9. The van der Waals surface area contributed by atoms with Gasteiger partial charge in [0.15, 0.2) is 0 Å². The van der Waals surface area contributed by atoms with Gasteiger partial charge in [0.2, 0.25) is 5.43 Å². The van der Waals surface area contributed by atoms with Crippen LogP contribution in [0.3, 0.4) is 0 Å². The third-order valence-corrected chi connectivity index (χ3v) is 2.35. The van der Waals surface area contributed by atoms with Crippen molar-refractivity contribution in [3.05, 3.63) is 40.2 Å². The molecule has 1 heterocycles. The van der Waals surface area contributed by atoms with Crippen LogP contribution in [0.1, 0.15) is 10.4 Å². The molecule has 0 unspecified atom stereocenters. The minimum Gasteiger partial charge on any atom is -0.406 e. The number of rotatable bonds is 2. The number of aromatic amines is 1. The summed E-state index contributed by atoms with van der Waals surface area (Å²) in [5.74, 6) is -1.52. The van der Waals surface area contributed by atoms with Gasteiger partial charge in [-0.15, -0.1) is 13.2 Å². The van der Waals surface area contributed by atoms with Crippen molar-refractivity contribution in [3.8, 4) is 5.75 Å². The Labute approximate surface area is 103 Å². The molecule has 0 bridgehead atoms. The first-order valence-electron chi connectivity index (χ1n) is 4.99. The van der Waals surface area contributed by atoms with E-state index in [1.807, 2.05) is 0 Å². The Morgan fingerprint density at radius 3 is 2.58 bits per heavy atom. The zero-order valence-corrected chi connectivity index (χ0v) is 9.25. The third-order valence-electron chi connectivity index (χ3n) is 2.35. The van der Waals surface area contributed by atoms with Crippen LogP contribution in [0.5, 0.6) is 5.75 Å². The molecule has 3 N–H and O–H groups in total. The number of primary amides is 1. The predicted molar refractivity (Wildman–Crippen MR) is 59.8 cm³/mol. The van der Waals surface area contributed by atoms with Crippen LogP contribution >= 0.6 is 0 Å². The largest absolute Gasteiger partial charge is 0.573 e. The van der Waals surface area contributed by atoms with Gasteiger partial charge >= 0.3 is 6.36 Å². The Hall–Kier alpha value is -2.51. The second-order valence-electron chi connectivity index (χ2n) is 3.65. The number of fused-ring (bicyclic) bond motifs is 1. The van der Waals surface area contributed by atoms with E-state index in [-0.39, 0.29) is 16.5 Å². The molecule has 0 radical (unpaired) electrons. The normalized spacial score (nSPS) is 11.5. The maximum Gasteiger partial charge on any atom is 0.573 e. The number of benzene rings is 1. The fourth-order valence-electron chi connectivity index (χ4n) is 1.58. The second-order valence-corrected chi connectivity index (χ2v) is 3.65. The molecule has 0 aliphatic carbocycles. The van der Waals surface area contributed by atoms with Crippen LogP contribution in [-0.4, -0.2) is 17.3 Å². The molecule has 0 aliphatic heterocycles. The molecule has 1 aromatic heterocycles. The zero-order chi connectivity index (χ0) is 14.2. The summed E-state index contributed by atoms with van der Waals surface area (Å²) in [6.07, 6.45) is -3.75. The summed E-state index contributed by atoms with van der Waals surface area (Å²) >= 11 is 0. The van der Waals surface area contributed by atoms with Crippen molar-refractivity contribution in [1.29, 1.82) is 0 Å². The molecule has 1 amide bonds. The van der Waals surface area contributed by atoms with Gasteiger partial charge < -0.3 is 15.5 Å². The summed E-state index contributed by atoms with van der Waals surface area (Å²) in [5, 5.41) is -0.113. The molecule has 2 aromatic rings. The Balaban J connectivity index is 2.61. The van der Waals surface area contributed by atoms with Crippen molar-refractivity contribution < 1.29 is 22.7 Å². The van der Waals surface area contributed by atoms with E-state index in [9.17, 15) is 22.8 Å². The highest BCUT2D eigenvalue weighted by atomic mass is 19.4. The van der Waals surface area contributed by atoms with Gasteiger partial charge in [0.05, 0.1) is 0 Å². The van der Waals surface area contributed by atoms with Crippen LogP contribution in [-0.2, 0) is 0 Å². The average Bonchev–Trinajstić information content (AvgIpc) is 2.27. The molecule has 0 saturated carbocycles. The monoisotopic (exact) mass is 272 g/mol. The highest BCUT2D eigenvalue weighted by Crippen LogP contribution is 2.24. The quantitative estimate of drug-likeness (QED) is 0.869. The number of aromatic nitrogens is 1. The van der Waals surface area contributed by atoms with Crippen molar-refractivity contribution in [2.24, 2.45) is 5.73 Å². The Bertz CT molecular complexity index is 706. The number of ether oxygens (including phenoxy) is 1. The van der Waals surface area contributed by atoms with Gasteiger partial charge in [-0.1, -0.05) is 0 Å². The fraction of sp³-hybridized carbons (Fsp3) is 0.0909. The van der Waals surface area contributed by atoms with Crippen molar-refractivity contribution >= 4 is 16.8 Å². The van der Waals surface area contributed by atoms with Gasteiger partial charge in [-0.2, -0.15) is 0 Å². The van der Waals surface area contributed by atoms with E-state index in [1.165, 1.54) is 6.07 Å². The molecule has 100 valence electrons. The number of carbonyl (C=O) groups excluding carboxylic acids is 1. The molecule has 1 aromatic carbocycles. The van der Waals surface area contributed by atoms with E-state index >= 15 is 0 Å². The molecule has 19 heavy (non-hydrogen) atoms. The molecule has 8 heteroatoms. The van der Waals surface area contributed by atoms with Crippen LogP contribution in [0.4, 0.5) is 13.2 Å². The smallest absolute Gasteiger partial charge is 0.406 e. The van der Waals surface area contributed by atoms with E-state index in [2.05, 4.69) is 9.72 Å². The SMILES string of the molecule is NC(=O)c1c[nH]c2ccc(OC(F)(F)F)cc2c1=O. The first-order chi connectivity index (χ1) is 8.78. The van der Waals surface area contributed by atoms with Gasteiger partial charge in [-0.3, -0.25) is 9.59 Å². The number of hydrogen-bond acceptors (Lipinski definition) is 3. The molecular formula is C11H7F3N2O3. The lowest BCUT2D eigenvalue weighted by Gasteiger charge is -2.09. The number of halogens is 3. The lowest BCUT2D eigenvalue weighted by Crippen LogP contribution is -2.22. The van der Waals surface area contributed by atoms with Crippen LogP contribution in [0.25, 0.3) is 10.9 Å². The van der Waals surface area contributed by atoms with E-state index in [0.717, 1.165) is 18.3 Å². The number of alkyl halides is 3. The van der Waals surface area contributed by atoms with E-state index in [1.54, 1.807) is 0 Å². The maximum atomic E-state index is 12.1. The van der Waals surface area contributed by atoms with Crippen molar-refractivity contribution in [1.82, 2.24) is 4.98 Å². The fourth-order valence-corrected chi connectivity index (χ4v) is 1.58. The Kier molecular flexibility index (Phi) is 2.93. The van der Waals surface area contributed by atoms with Crippen molar-refractivity contribution in [2.45, 2.75) is 6.36 Å². The molecule has 5 nitrogen and oxygen atoms in total. The zero-order valence-electron chi connectivity index (χ0n) is 9.25. The lowest BCUT2D eigenvalue weighted by atomic mass is 10.1. The maximum absolute atomic E-state index is 12.1. The van der Waals surface area contributed by atoms with Gasteiger partial charge in [0.25, 0.3) is 5.91 Å². The number of amides is 1. The minimum atomic E-state index is -4.86. The summed E-state index contributed by atoms with van der Waals surface area (Å²) in [6.45, 7) is 0. The number of H-pyrrole nitrogens is 1. The summed E-state index contributed by atoms with van der Waals surface area (Å²) < 4.78 is 39.9. The topological polar surface area (TPSA) is 85.2 Å². The predicted octanol–water partition coefficient (Wildman–Crippen LogP) is 1.53. The standard InChI is InChI=1S/C11H7F3N2O3/c12-11(13,14)19-5-1-2-8-6(3-5)9(17)7(4-16-8)10(15)18/h1-4H,(H2,15,18)(H,16,17). The molecule has 0 fully saturated rings. The van der Waals surface area contributed by atoms with Crippen LogP contribution in [0.2, 0.25) is 0 Å². The number of nitrogens with two attached hydrogens (primary N) is 1. The van der Waals surface area contributed by atoms with Crippen molar-refractivity contribution in [3.63, 3.8) is 0 Å². The summed E-state index contributed by atoms with van der Waals surface area (Å²) in [7, 11) is 0. The number of nitrogens with one attached hydrogen (secondary N) is 1. The Morgan fingerprint density at radius 2 is 2.00 bits per heavy atom. The molecule has 2 rings (SSSR count). The number of carbonyl (C=O) groups is 1. The number of hydrogen-bond donors (Lipinski definition) is 2. The van der Waals surface area contributed by atoms with E-state index in [0.29, 0.717) is 0 Å². The molecule has 0 aliphatic rings. The van der Waals surface area contributed by atoms with Gasteiger partial charge in [0, 0.05) is 17.1 Å². The number of pyridine rings is 1. The third kappa shape index (κ3) is 2.67. The average molecular weight is 272 g/mol. The Morgan fingerprint density at radius 1 is 1.32 bits per heavy atom. The lowest BCUT2D eigenvalue weighted by molar-refractivity contribution is -0.274. The van der Waals surface area contributed by atoms with Gasteiger partial charge in [-0.25, -0.2) is 0 Å². The second kappa shape index (κ2) is 4.30. The van der Waals surface area contributed by atoms with Gasteiger partial charge in [-0.05, 0) is 18.2 Å². The highest BCUT2D eigenvalue weighted by Gasteiger charge is 2.31. The van der Waals surface area contributed by atoms with Crippen LogP contribution in [0.15, 0.2) is 29.2 Å². The molecular weight excluding hydrogens is 265 g/mol. The van der Waals surface area contributed by atoms with Crippen LogP contribution < -0.4 is 15.9 Å². The van der Waals surface area contributed by atoms with Gasteiger partial charge in [0.1, 0.15) is 11.3 Å². The summed E-state index contributed by atoms with van der Waals surface area (Å²) in [6, 6.07) is 3.19. The molecule has 0 atom stereocenters. The molecule has 0 saturated heterocycles. The summed E-state index contributed by atoms with van der Waals surface area (Å²) in [5.41, 5.74) is 4.15.